The number of benzene rings is 2. The number of aromatic nitrogens is 1. The van der Waals surface area contributed by atoms with Crippen LogP contribution in [0.1, 0.15) is 30.9 Å². The molecule has 138 valence electrons. The maximum absolute atomic E-state index is 12.1. The van der Waals surface area contributed by atoms with Crippen LogP contribution in [-0.4, -0.2) is 21.2 Å². The molecule has 3 rings (SSSR count). The number of hydrogen-bond donors (Lipinski definition) is 5. The van der Waals surface area contributed by atoms with Crippen LogP contribution in [0.25, 0.3) is 10.9 Å². The highest BCUT2D eigenvalue weighted by Gasteiger charge is 2.11. The van der Waals surface area contributed by atoms with Gasteiger partial charge in [0.05, 0.1) is 0 Å². The zero-order chi connectivity index (χ0) is 19.4. The van der Waals surface area contributed by atoms with Gasteiger partial charge in [-0.15, -0.1) is 0 Å². The molecule has 0 aliphatic rings. The van der Waals surface area contributed by atoms with Crippen molar-refractivity contribution >= 4 is 44.6 Å². The Balaban J connectivity index is 1.54. The van der Waals surface area contributed by atoms with E-state index in [1.54, 1.807) is 6.07 Å². The Kier molecular flexibility index (Phi) is 5.61. The van der Waals surface area contributed by atoms with Crippen LogP contribution < -0.4 is 10.6 Å². The van der Waals surface area contributed by atoms with E-state index in [1.165, 1.54) is 5.56 Å². The molecule has 1 heterocycles. The molecule has 0 fully saturated rings. The summed E-state index contributed by atoms with van der Waals surface area (Å²) >= 11 is 0.898. The monoisotopic (exact) mass is 379 g/mol. The minimum absolute atomic E-state index is 0.105. The summed E-state index contributed by atoms with van der Waals surface area (Å²) in [5, 5.41) is 22.3. The predicted octanol–water partition coefficient (Wildman–Crippen LogP) is 5.11. The highest BCUT2D eigenvalue weighted by atomic mass is 32.2. The third-order valence-electron chi connectivity index (χ3n) is 4.08. The number of amidine groups is 1. The average Bonchev–Trinajstić information content (AvgIpc) is 3.09. The maximum atomic E-state index is 12.1. The number of urea groups is 1. The molecular formula is C20H21N5OS. The Labute approximate surface area is 161 Å². The Morgan fingerprint density at radius 1 is 1.07 bits per heavy atom. The smallest absolute Gasteiger partial charge is 0.325 e. The molecule has 7 heteroatoms. The highest BCUT2D eigenvalue weighted by Crippen LogP contribution is 2.19. The normalized spacial score (nSPS) is 10.8. The molecule has 5 N–H and O–H groups in total. The fourth-order valence-electron chi connectivity index (χ4n) is 2.60. The van der Waals surface area contributed by atoms with Crippen LogP contribution >= 0.6 is 11.8 Å². The number of H-pyrrole nitrogens is 1. The number of rotatable bonds is 3. The number of nitrogens with one attached hydrogen (secondary N) is 5. The molecule has 0 saturated carbocycles. The molecule has 2 amide bonds. The molecule has 0 unspecified atom stereocenters. The maximum Gasteiger partial charge on any atom is 0.325 e. The number of carbonyl (C=O) groups excluding carboxylic acids is 1. The van der Waals surface area contributed by atoms with Gasteiger partial charge in [-0.2, -0.15) is 0 Å². The van der Waals surface area contributed by atoms with Gasteiger partial charge in [-0.3, -0.25) is 16.1 Å². The van der Waals surface area contributed by atoms with Crippen molar-refractivity contribution in [3.8, 4) is 0 Å². The minimum Gasteiger partial charge on any atom is -0.361 e. The van der Waals surface area contributed by atoms with E-state index in [0.29, 0.717) is 17.2 Å². The van der Waals surface area contributed by atoms with E-state index in [-0.39, 0.29) is 10.2 Å². The van der Waals surface area contributed by atoms with Crippen molar-refractivity contribution < 1.29 is 4.79 Å². The number of carbonyl (C=O) groups is 1. The summed E-state index contributed by atoms with van der Waals surface area (Å²) in [6, 6.07) is 14.7. The zero-order valence-electron chi connectivity index (χ0n) is 15.1. The van der Waals surface area contributed by atoms with E-state index in [1.807, 2.05) is 48.7 Å². The summed E-state index contributed by atoms with van der Waals surface area (Å²) in [7, 11) is 0. The van der Waals surface area contributed by atoms with Crippen molar-refractivity contribution in [1.82, 2.24) is 10.3 Å². The van der Waals surface area contributed by atoms with Crippen LogP contribution in [0.15, 0.2) is 54.7 Å². The summed E-state index contributed by atoms with van der Waals surface area (Å²) < 4.78 is 0. The Morgan fingerprint density at radius 3 is 2.52 bits per heavy atom. The Morgan fingerprint density at radius 2 is 1.81 bits per heavy atom. The van der Waals surface area contributed by atoms with Gasteiger partial charge in [0, 0.05) is 23.0 Å². The van der Waals surface area contributed by atoms with E-state index in [9.17, 15) is 4.79 Å². The number of aromatic amines is 1. The van der Waals surface area contributed by atoms with Crippen LogP contribution in [-0.2, 0) is 0 Å². The summed E-state index contributed by atoms with van der Waals surface area (Å²) in [6.07, 6.45) is 1.83. The van der Waals surface area contributed by atoms with Gasteiger partial charge in [0.25, 0.3) is 0 Å². The second kappa shape index (κ2) is 8.09. The summed E-state index contributed by atoms with van der Waals surface area (Å²) in [4.78, 5) is 15.2. The number of hydrogen-bond acceptors (Lipinski definition) is 4. The van der Waals surface area contributed by atoms with Crippen molar-refractivity contribution in [2.24, 2.45) is 0 Å². The topological polar surface area (TPSA) is 105 Å². The largest absolute Gasteiger partial charge is 0.361 e. The van der Waals surface area contributed by atoms with Crippen molar-refractivity contribution in [3.63, 3.8) is 0 Å². The number of thioether (sulfide) groups is 1. The minimum atomic E-state index is -0.513. The predicted molar refractivity (Wildman–Crippen MR) is 113 cm³/mol. The first kappa shape index (κ1) is 18.7. The second-order valence-electron chi connectivity index (χ2n) is 6.40. The third-order valence-corrected chi connectivity index (χ3v) is 4.83. The number of anilines is 1. The van der Waals surface area contributed by atoms with Crippen LogP contribution in [0.2, 0.25) is 0 Å². The molecule has 0 spiro atoms. The highest BCUT2D eigenvalue weighted by molar-refractivity contribution is 8.26. The molecule has 0 aliphatic carbocycles. The first-order valence-electron chi connectivity index (χ1n) is 8.53. The zero-order valence-corrected chi connectivity index (χ0v) is 15.9. The first-order chi connectivity index (χ1) is 12.9. The van der Waals surface area contributed by atoms with Crippen LogP contribution in [0, 0.1) is 10.8 Å². The van der Waals surface area contributed by atoms with Gasteiger partial charge in [-0.1, -0.05) is 44.2 Å². The van der Waals surface area contributed by atoms with Crippen molar-refractivity contribution in [2.75, 3.05) is 5.32 Å². The van der Waals surface area contributed by atoms with Gasteiger partial charge in [0.15, 0.2) is 5.17 Å². The molecule has 0 aliphatic heterocycles. The van der Waals surface area contributed by atoms with Gasteiger partial charge >= 0.3 is 6.03 Å². The third kappa shape index (κ3) is 4.77. The van der Waals surface area contributed by atoms with Crippen molar-refractivity contribution in [1.29, 1.82) is 10.8 Å². The molecule has 27 heavy (non-hydrogen) atoms. The van der Waals surface area contributed by atoms with E-state index in [0.717, 1.165) is 22.7 Å². The molecule has 3 aromatic rings. The lowest BCUT2D eigenvalue weighted by Gasteiger charge is -2.10. The molecule has 0 radical (unpaired) electrons. The average molecular weight is 379 g/mol. The van der Waals surface area contributed by atoms with Gasteiger partial charge in [-0.25, -0.2) is 4.79 Å². The lowest BCUT2D eigenvalue weighted by Crippen LogP contribution is -2.32. The quantitative estimate of drug-likeness (QED) is 0.322. The molecule has 0 bridgehead atoms. The van der Waals surface area contributed by atoms with Gasteiger partial charge in [-0.05, 0) is 46.8 Å². The van der Waals surface area contributed by atoms with Crippen LogP contribution in [0.4, 0.5) is 10.5 Å². The van der Waals surface area contributed by atoms with Gasteiger partial charge < -0.3 is 10.3 Å². The lowest BCUT2D eigenvalue weighted by atomic mass is 10.0. The molecule has 1 aromatic heterocycles. The molecule has 2 aromatic carbocycles. The Hall–Kier alpha value is -3.06. The molecule has 0 saturated heterocycles. The SMILES string of the molecule is CC(C)c1ccc(C(=N)SC(=N)NC(=O)Nc2ccc3cc[nH]c3c2)cc1. The Bertz CT molecular complexity index is 991. The van der Waals surface area contributed by atoms with E-state index in [4.69, 9.17) is 10.8 Å². The van der Waals surface area contributed by atoms with Crippen LogP contribution in [0.5, 0.6) is 0 Å². The number of amides is 2. The van der Waals surface area contributed by atoms with Crippen LogP contribution in [0.3, 0.4) is 0 Å². The molecular weight excluding hydrogens is 358 g/mol. The lowest BCUT2D eigenvalue weighted by molar-refractivity contribution is 0.256. The fraction of sp³-hybridized carbons (Fsp3) is 0.150. The van der Waals surface area contributed by atoms with Crippen molar-refractivity contribution in [2.45, 2.75) is 19.8 Å². The van der Waals surface area contributed by atoms with E-state index < -0.39 is 6.03 Å². The molecule has 0 atom stereocenters. The summed E-state index contributed by atoms with van der Waals surface area (Å²) in [6.45, 7) is 4.22. The van der Waals surface area contributed by atoms with Crippen molar-refractivity contribution in [3.05, 3.63) is 65.9 Å². The van der Waals surface area contributed by atoms with Gasteiger partial charge in [0.2, 0.25) is 0 Å². The standard InChI is InChI=1S/C20H21N5OS/c1-12(2)13-3-5-15(6-4-13)18(21)27-19(22)25-20(26)24-16-8-7-14-9-10-23-17(14)11-16/h3-12,21,23H,1-2H3,(H3,22,24,25,26). The summed E-state index contributed by atoms with van der Waals surface area (Å²) in [5.41, 5.74) is 3.46. The second-order valence-corrected chi connectivity index (χ2v) is 7.42. The summed E-state index contributed by atoms with van der Waals surface area (Å²) in [5.74, 6) is 0.426. The number of fused-ring (bicyclic) bond motifs is 1. The fourth-order valence-corrected chi connectivity index (χ4v) is 3.20. The molecule has 6 nitrogen and oxygen atoms in total. The van der Waals surface area contributed by atoms with Gasteiger partial charge in [0.1, 0.15) is 5.04 Å². The first-order valence-corrected chi connectivity index (χ1v) is 9.34. The van der Waals surface area contributed by atoms with E-state index in [2.05, 4.69) is 29.5 Å². The van der Waals surface area contributed by atoms with E-state index >= 15 is 0 Å².